The van der Waals surface area contributed by atoms with Gasteiger partial charge in [-0.15, -0.1) is 0 Å². The lowest BCUT2D eigenvalue weighted by atomic mass is 10.1. The number of hydrogen-bond donors (Lipinski definition) is 1. The maximum Gasteiger partial charge on any atom is 0.204 e. The van der Waals surface area contributed by atoms with Crippen LogP contribution < -0.4 is 4.74 Å². The highest BCUT2D eigenvalue weighted by molar-refractivity contribution is 6.36. The van der Waals surface area contributed by atoms with E-state index in [9.17, 15) is 9.90 Å². The van der Waals surface area contributed by atoms with Crippen LogP contribution in [0.4, 0.5) is 5.69 Å². The molecule has 1 N–H and O–H groups in total. The van der Waals surface area contributed by atoms with Crippen LogP contribution in [0.2, 0.25) is 0 Å². The first-order valence-corrected chi connectivity index (χ1v) is 8.69. The average Bonchev–Trinajstić information content (AvgIpc) is 2.74. The number of aromatic nitrogens is 1. The molecule has 28 heavy (non-hydrogen) atoms. The molecule has 1 heterocycles. The molecular weight excluding hydrogens is 352 g/mol. The fourth-order valence-corrected chi connectivity index (χ4v) is 2.77. The summed E-state index contributed by atoms with van der Waals surface area (Å²) in [5.41, 5.74) is 1.52. The fraction of sp³-hybridized carbons (Fsp3) is 0. The molecule has 0 spiro atoms. The molecule has 4 rings (SSSR count). The Morgan fingerprint density at radius 1 is 0.893 bits per heavy atom. The second-order valence-electron chi connectivity index (χ2n) is 6.07. The van der Waals surface area contributed by atoms with Gasteiger partial charge in [-0.1, -0.05) is 18.2 Å². The molecule has 0 aliphatic rings. The summed E-state index contributed by atoms with van der Waals surface area (Å²) in [7, 11) is 0. The predicted molar refractivity (Wildman–Crippen MR) is 109 cm³/mol. The Morgan fingerprint density at radius 3 is 2.43 bits per heavy atom. The lowest BCUT2D eigenvalue weighted by Gasteiger charge is -2.05. The second-order valence-corrected chi connectivity index (χ2v) is 6.07. The molecule has 136 valence electrons. The van der Waals surface area contributed by atoms with Crippen molar-refractivity contribution in [3.05, 3.63) is 90.6 Å². The minimum atomic E-state index is -0.226. The summed E-state index contributed by atoms with van der Waals surface area (Å²) in [6.07, 6.45) is 2.87. The Bertz CT molecular complexity index is 1150. The Morgan fingerprint density at radius 2 is 1.64 bits per heavy atom. The third-order valence-electron chi connectivity index (χ3n) is 4.16. The van der Waals surface area contributed by atoms with Gasteiger partial charge in [-0.05, 0) is 60.7 Å². The minimum absolute atomic E-state index is 0.0786. The Balaban J connectivity index is 1.52. The van der Waals surface area contributed by atoms with E-state index >= 15 is 0 Å². The molecule has 0 radical (unpaired) electrons. The smallest absolute Gasteiger partial charge is 0.204 e. The minimum Gasteiger partial charge on any atom is -0.506 e. The van der Waals surface area contributed by atoms with E-state index in [-0.39, 0.29) is 11.5 Å². The molecular formula is C23H16N2O3. The van der Waals surface area contributed by atoms with Crippen molar-refractivity contribution in [3.8, 4) is 17.2 Å². The highest BCUT2D eigenvalue weighted by atomic mass is 16.5. The van der Waals surface area contributed by atoms with Crippen LogP contribution in [-0.4, -0.2) is 22.1 Å². The number of ether oxygens (including phenoxy) is 1. The number of para-hydroxylation sites is 1. The third-order valence-corrected chi connectivity index (χ3v) is 4.16. The van der Waals surface area contributed by atoms with Gasteiger partial charge in [0.15, 0.2) is 0 Å². The zero-order valence-corrected chi connectivity index (χ0v) is 14.8. The molecule has 3 aromatic carbocycles. The predicted octanol–water partition coefficient (Wildman–Crippen LogP) is 5.32. The maximum atomic E-state index is 12.4. The summed E-state index contributed by atoms with van der Waals surface area (Å²) in [6, 6.07) is 23.0. The van der Waals surface area contributed by atoms with Crippen molar-refractivity contribution in [1.29, 1.82) is 0 Å². The van der Waals surface area contributed by atoms with E-state index in [1.807, 2.05) is 30.3 Å². The van der Waals surface area contributed by atoms with Gasteiger partial charge < -0.3 is 9.84 Å². The van der Waals surface area contributed by atoms with Crippen LogP contribution in [-0.2, 0) is 0 Å². The monoisotopic (exact) mass is 368 g/mol. The number of phenolic OH excluding ortho intramolecular Hbond substituents is 1. The molecule has 5 heteroatoms. The molecule has 4 aromatic rings. The van der Waals surface area contributed by atoms with Crippen molar-refractivity contribution in [2.75, 3.05) is 0 Å². The number of Topliss-reactive ketones (excluding diaryl/α,β-unsaturated/α-hetero) is 1. The van der Waals surface area contributed by atoms with Crippen molar-refractivity contribution in [2.45, 2.75) is 0 Å². The number of benzene rings is 3. The molecule has 0 saturated carbocycles. The summed E-state index contributed by atoms with van der Waals surface area (Å²) in [5.74, 6) is 1.23. The van der Waals surface area contributed by atoms with E-state index in [4.69, 9.17) is 4.74 Å². The first kappa shape index (κ1) is 17.4. The van der Waals surface area contributed by atoms with E-state index in [0.29, 0.717) is 27.9 Å². The summed E-state index contributed by atoms with van der Waals surface area (Å²) in [5, 5.41) is 10.6. The van der Waals surface area contributed by atoms with Crippen LogP contribution in [0.15, 0.2) is 90.1 Å². The highest BCUT2D eigenvalue weighted by Crippen LogP contribution is 2.30. The summed E-state index contributed by atoms with van der Waals surface area (Å²) in [6.45, 7) is 0. The maximum absolute atomic E-state index is 12.4. The zero-order valence-electron chi connectivity index (χ0n) is 14.8. The number of aromatic hydroxyl groups is 1. The van der Waals surface area contributed by atoms with Crippen molar-refractivity contribution in [2.24, 2.45) is 4.99 Å². The number of rotatable bonds is 5. The van der Waals surface area contributed by atoms with Gasteiger partial charge >= 0.3 is 0 Å². The SMILES string of the molecule is O=C(C=Nc1ccc(O)c2ncccc12)c1ccc(Oc2ccccc2)cc1. The van der Waals surface area contributed by atoms with Crippen molar-refractivity contribution in [1.82, 2.24) is 4.98 Å². The first-order valence-electron chi connectivity index (χ1n) is 8.69. The summed E-state index contributed by atoms with van der Waals surface area (Å²) in [4.78, 5) is 20.9. The van der Waals surface area contributed by atoms with E-state index < -0.39 is 0 Å². The Kier molecular flexibility index (Phi) is 4.80. The molecule has 0 bridgehead atoms. The quantitative estimate of drug-likeness (QED) is 0.382. The van der Waals surface area contributed by atoms with E-state index in [0.717, 1.165) is 5.75 Å². The number of carbonyl (C=O) groups excluding carboxylic acids is 1. The fourth-order valence-electron chi connectivity index (χ4n) is 2.77. The molecule has 0 aliphatic heterocycles. The highest BCUT2D eigenvalue weighted by Gasteiger charge is 2.07. The number of phenols is 1. The lowest BCUT2D eigenvalue weighted by molar-refractivity contribution is 0.107. The number of nitrogens with zero attached hydrogens (tertiary/aromatic N) is 2. The van der Waals surface area contributed by atoms with Crippen LogP contribution in [0, 0.1) is 0 Å². The molecule has 0 atom stereocenters. The number of fused-ring (bicyclic) bond motifs is 1. The number of hydrogen-bond acceptors (Lipinski definition) is 5. The van der Waals surface area contributed by atoms with Gasteiger partial charge in [-0.2, -0.15) is 0 Å². The number of aliphatic imine (C=N–C) groups is 1. The van der Waals surface area contributed by atoms with Crippen LogP contribution in [0.5, 0.6) is 17.2 Å². The van der Waals surface area contributed by atoms with Gasteiger partial charge in [-0.3, -0.25) is 14.8 Å². The van der Waals surface area contributed by atoms with Gasteiger partial charge in [0.05, 0.1) is 11.9 Å². The normalized spacial score (nSPS) is 11.0. The Hall–Kier alpha value is -3.99. The molecule has 0 unspecified atom stereocenters. The van der Waals surface area contributed by atoms with E-state index in [2.05, 4.69) is 9.98 Å². The number of ketones is 1. The number of carbonyl (C=O) groups is 1. The molecule has 0 amide bonds. The lowest BCUT2D eigenvalue weighted by Crippen LogP contribution is -1.99. The van der Waals surface area contributed by atoms with Gasteiger partial charge in [0.1, 0.15) is 22.8 Å². The molecule has 0 fully saturated rings. The second kappa shape index (κ2) is 7.72. The average molecular weight is 368 g/mol. The molecule has 0 aliphatic carbocycles. The Labute approximate surface area is 161 Å². The molecule has 5 nitrogen and oxygen atoms in total. The van der Waals surface area contributed by atoms with E-state index in [1.54, 1.807) is 48.7 Å². The van der Waals surface area contributed by atoms with Crippen LogP contribution in [0.1, 0.15) is 10.4 Å². The first-order chi connectivity index (χ1) is 13.7. The molecule has 0 saturated heterocycles. The standard InChI is InChI=1S/C23H16N2O3/c26-21-13-12-20(19-7-4-14-24-23(19)21)25-15-22(27)16-8-10-18(11-9-16)28-17-5-2-1-3-6-17/h1-15,26H. The molecule has 1 aromatic heterocycles. The van der Waals surface area contributed by atoms with Gasteiger partial charge in [-0.25, -0.2) is 0 Å². The van der Waals surface area contributed by atoms with Gasteiger partial charge in [0, 0.05) is 17.1 Å². The van der Waals surface area contributed by atoms with Gasteiger partial charge in [0.25, 0.3) is 0 Å². The van der Waals surface area contributed by atoms with E-state index in [1.165, 1.54) is 12.3 Å². The van der Waals surface area contributed by atoms with Crippen molar-refractivity contribution < 1.29 is 14.6 Å². The van der Waals surface area contributed by atoms with Crippen LogP contribution in [0.25, 0.3) is 10.9 Å². The van der Waals surface area contributed by atoms with Crippen LogP contribution in [0.3, 0.4) is 0 Å². The largest absolute Gasteiger partial charge is 0.506 e. The van der Waals surface area contributed by atoms with Gasteiger partial charge in [0.2, 0.25) is 5.78 Å². The van der Waals surface area contributed by atoms with Crippen molar-refractivity contribution >= 4 is 28.6 Å². The topological polar surface area (TPSA) is 71.8 Å². The number of pyridine rings is 1. The van der Waals surface area contributed by atoms with Crippen LogP contribution >= 0.6 is 0 Å². The zero-order chi connectivity index (χ0) is 19.3. The summed E-state index contributed by atoms with van der Waals surface area (Å²) < 4.78 is 5.73. The third kappa shape index (κ3) is 3.73. The van der Waals surface area contributed by atoms with Crippen molar-refractivity contribution in [3.63, 3.8) is 0 Å². The summed E-state index contributed by atoms with van der Waals surface area (Å²) >= 11 is 0.